The Morgan fingerprint density at radius 1 is 1.15 bits per heavy atom. The SMILES string of the molecule is C#C[C@@H](Nc1nc(=O)n(C)c2c(C3CCC3)cc(C3CCN(S(C)(=O)=O)C3)cc12)c1cccc(C(F)F)c1F. The fourth-order valence-corrected chi connectivity index (χ4v) is 6.43. The molecule has 2 aliphatic rings. The maximum absolute atomic E-state index is 15.0. The molecule has 2 aromatic carbocycles. The fraction of sp³-hybridized carbons (Fsp3) is 0.429. The molecule has 11 heteroatoms. The van der Waals surface area contributed by atoms with Crippen LogP contribution in [0.5, 0.6) is 0 Å². The van der Waals surface area contributed by atoms with E-state index in [9.17, 15) is 26.4 Å². The molecule has 0 amide bonds. The third-order valence-electron chi connectivity index (χ3n) is 7.94. The summed E-state index contributed by atoms with van der Waals surface area (Å²) < 4.78 is 68.9. The smallest absolute Gasteiger partial charge is 0.349 e. The molecule has 5 rings (SSSR count). The lowest BCUT2D eigenvalue weighted by Crippen LogP contribution is -2.27. The number of fused-ring (bicyclic) bond motifs is 1. The fourth-order valence-electron chi connectivity index (χ4n) is 5.54. The normalized spacial score (nSPS) is 19.3. The van der Waals surface area contributed by atoms with Crippen molar-refractivity contribution in [2.75, 3.05) is 24.7 Å². The number of aryl methyl sites for hydroxylation is 1. The van der Waals surface area contributed by atoms with Crippen LogP contribution in [0.2, 0.25) is 0 Å². The maximum atomic E-state index is 15.0. The number of hydrogen-bond donors (Lipinski definition) is 1. The standard InChI is InChI=1S/C28H29F3N4O3S/c1-4-23(19-9-6-10-20(24(19)29)26(30)31)32-27-22-14-18(17-11-12-35(15-17)39(3,37)38)13-21(16-7-5-8-16)25(22)34(2)28(36)33-27/h1,6,9-10,13-14,16-17,23,26H,5,7-8,11-12,15H2,2-3H3,(H,32,33,36)/t17?,23-/m1/s1. The molecular weight excluding hydrogens is 529 g/mol. The molecule has 1 saturated heterocycles. The molecule has 1 saturated carbocycles. The van der Waals surface area contributed by atoms with Gasteiger partial charge < -0.3 is 5.32 Å². The Bertz CT molecular complexity index is 1640. The van der Waals surface area contributed by atoms with Crippen LogP contribution in [0.15, 0.2) is 35.1 Å². The van der Waals surface area contributed by atoms with Gasteiger partial charge in [0.15, 0.2) is 0 Å². The predicted octanol–water partition coefficient (Wildman–Crippen LogP) is 4.81. The molecule has 0 bridgehead atoms. The lowest BCUT2D eigenvalue weighted by molar-refractivity contribution is 0.146. The average molecular weight is 559 g/mol. The average Bonchev–Trinajstić information content (AvgIpc) is 3.35. The Labute approximate surface area is 225 Å². The van der Waals surface area contributed by atoms with Crippen LogP contribution in [0.25, 0.3) is 10.9 Å². The van der Waals surface area contributed by atoms with Crippen LogP contribution in [0, 0.1) is 18.2 Å². The maximum Gasteiger partial charge on any atom is 0.349 e. The minimum atomic E-state index is -3.34. The topological polar surface area (TPSA) is 84.3 Å². The zero-order valence-corrected chi connectivity index (χ0v) is 22.4. The van der Waals surface area contributed by atoms with Crippen LogP contribution in [0.4, 0.5) is 19.0 Å². The van der Waals surface area contributed by atoms with Gasteiger partial charge in [-0.05, 0) is 48.3 Å². The number of nitrogens with zero attached hydrogens (tertiary/aromatic N) is 3. The second-order valence-corrected chi connectivity index (χ2v) is 12.3. The number of aromatic nitrogens is 2. The van der Waals surface area contributed by atoms with Crippen LogP contribution >= 0.6 is 0 Å². The number of alkyl halides is 2. The van der Waals surface area contributed by atoms with Crippen molar-refractivity contribution < 1.29 is 21.6 Å². The molecule has 1 aliphatic carbocycles. The first-order valence-electron chi connectivity index (χ1n) is 12.8. The summed E-state index contributed by atoms with van der Waals surface area (Å²) in [7, 11) is -1.70. The molecule has 1 unspecified atom stereocenters. The van der Waals surface area contributed by atoms with Crippen molar-refractivity contribution in [1.82, 2.24) is 13.9 Å². The second-order valence-electron chi connectivity index (χ2n) is 10.3. The lowest BCUT2D eigenvalue weighted by atomic mass is 9.77. The molecular formula is C28H29F3N4O3S. The number of anilines is 1. The van der Waals surface area contributed by atoms with Gasteiger partial charge in [0.2, 0.25) is 10.0 Å². The van der Waals surface area contributed by atoms with Gasteiger partial charge in [-0.2, -0.15) is 4.98 Å². The van der Waals surface area contributed by atoms with Crippen LogP contribution < -0.4 is 11.0 Å². The van der Waals surface area contributed by atoms with Crippen molar-refractivity contribution in [3.05, 3.63) is 68.9 Å². The summed E-state index contributed by atoms with van der Waals surface area (Å²) in [6.45, 7) is 0.755. The Kier molecular flexibility index (Phi) is 7.20. The number of nitrogens with one attached hydrogen (secondary N) is 1. The first-order valence-corrected chi connectivity index (χ1v) is 14.6. The van der Waals surface area contributed by atoms with Gasteiger partial charge in [-0.25, -0.2) is 30.7 Å². The first kappa shape index (κ1) is 27.2. The minimum absolute atomic E-state index is 0.0587. The van der Waals surface area contributed by atoms with Crippen molar-refractivity contribution in [3.63, 3.8) is 0 Å². The van der Waals surface area contributed by atoms with Gasteiger partial charge in [-0.1, -0.05) is 36.6 Å². The summed E-state index contributed by atoms with van der Waals surface area (Å²) in [4.78, 5) is 17.2. The van der Waals surface area contributed by atoms with E-state index < -0.39 is 39.6 Å². The first-order chi connectivity index (χ1) is 18.5. The van der Waals surface area contributed by atoms with Crippen LogP contribution in [0.1, 0.15) is 72.2 Å². The largest absolute Gasteiger partial charge is 0.352 e. The van der Waals surface area contributed by atoms with Crippen LogP contribution in [-0.2, 0) is 17.1 Å². The van der Waals surface area contributed by atoms with E-state index in [0.717, 1.165) is 36.5 Å². The van der Waals surface area contributed by atoms with E-state index in [1.54, 1.807) is 7.05 Å². The summed E-state index contributed by atoms with van der Waals surface area (Å²) in [5, 5.41) is 3.55. The van der Waals surface area contributed by atoms with E-state index in [1.807, 2.05) is 6.07 Å². The van der Waals surface area contributed by atoms with Gasteiger partial charge >= 0.3 is 5.69 Å². The van der Waals surface area contributed by atoms with E-state index in [1.165, 1.54) is 27.3 Å². The number of sulfonamides is 1. The third-order valence-corrected chi connectivity index (χ3v) is 9.21. The van der Waals surface area contributed by atoms with Crippen molar-refractivity contribution in [2.45, 2.75) is 50.0 Å². The van der Waals surface area contributed by atoms with Gasteiger partial charge in [0.25, 0.3) is 6.43 Å². The van der Waals surface area contributed by atoms with Crippen molar-refractivity contribution in [2.24, 2.45) is 7.05 Å². The lowest BCUT2D eigenvalue weighted by Gasteiger charge is -2.29. The molecule has 3 aromatic rings. The van der Waals surface area contributed by atoms with Gasteiger partial charge in [0, 0.05) is 31.1 Å². The highest BCUT2D eigenvalue weighted by Crippen LogP contribution is 2.43. The molecule has 2 fully saturated rings. The highest BCUT2D eigenvalue weighted by molar-refractivity contribution is 7.88. The van der Waals surface area contributed by atoms with Gasteiger partial charge in [0.1, 0.15) is 17.7 Å². The summed E-state index contributed by atoms with van der Waals surface area (Å²) in [6.07, 6.45) is 7.50. The molecule has 39 heavy (non-hydrogen) atoms. The van der Waals surface area contributed by atoms with Gasteiger partial charge in [0.05, 0.1) is 17.3 Å². The summed E-state index contributed by atoms with van der Waals surface area (Å²) >= 11 is 0. The van der Waals surface area contributed by atoms with E-state index >= 15 is 0 Å². The van der Waals surface area contributed by atoms with E-state index in [-0.39, 0.29) is 23.2 Å². The quantitative estimate of drug-likeness (QED) is 0.421. The van der Waals surface area contributed by atoms with Gasteiger partial charge in [-0.15, -0.1) is 6.42 Å². The molecule has 206 valence electrons. The highest BCUT2D eigenvalue weighted by Gasteiger charge is 2.32. The summed E-state index contributed by atoms with van der Waals surface area (Å²) in [5.74, 6) is 1.58. The predicted molar refractivity (Wildman–Crippen MR) is 144 cm³/mol. The van der Waals surface area contributed by atoms with Crippen LogP contribution in [0.3, 0.4) is 0 Å². The van der Waals surface area contributed by atoms with E-state index in [0.29, 0.717) is 30.4 Å². The molecule has 0 radical (unpaired) electrons. The number of hydrogen-bond acceptors (Lipinski definition) is 5. The number of terminal acetylenes is 1. The molecule has 2 atom stereocenters. The highest BCUT2D eigenvalue weighted by atomic mass is 32.2. The molecule has 7 nitrogen and oxygen atoms in total. The van der Waals surface area contributed by atoms with Crippen molar-refractivity contribution in [1.29, 1.82) is 0 Å². The molecule has 0 spiro atoms. The van der Waals surface area contributed by atoms with Crippen molar-refractivity contribution >= 4 is 26.7 Å². The minimum Gasteiger partial charge on any atom is -0.352 e. The second kappa shape index (κ2) is 10.3. The zero-order chi connectivity index (χ0) is 28.1. The van der Waals surface area contributed by atoms with E-state index in [2.05, 4.69) is 22.3 Å². The number of halogens is 3. The number of benzene rings is 2. The van der Waals surface area contributed by atoms with Crippen LogP contribution in [-0.4, -0.2) is 41.6 Å². The zero-order valence-electron chi connectivity index (χ0n) is 21.6. The van der Waals surface area contributed by atoms with Crippen molar-refractivity contribution in [3.8, 4) is 12.3 Å². The monoisotopic (exact) mass is 558 g/mol. The third kappa shape index (κ3) is 5.03. The summed E-state index contributed by atoms with van der Waals surface area (Å²) in [5.41, 5.74) is 1.10. The Hall–Kier alpha value is -3.36. The number of rotatable bonds is 7. The molecule has 1 aromatic heterocycles. The molecule has 1 aliphatic heterocycles. The van der Waals surface area contributed by atoms with Gasteiger partial charge in [-0.3, -0.25) is 4.57 Å². The Morgan fingerprint density at radius 3 is 2.46 bits per heavy atom. The Balaban J connectivity index is 1.65. The summed E-state index contributed by atoms with van der Waals surface area (Å²) in [6, 6.07) is 6.41. The Morgan fingerprint density at radius 2 is 1.87 bits per heavy atom. The molecule has 1 N–H and O–H groups in total. The van der Waals surface area contributed by atoms with E-state index in [4.69, 9.17) is 6.42 Å². The molecule has 2 heterocycles.